The van der Waals surface area contributed by atoms with Crippen LogP contribution < -0.4 is 9.47 Å². The standard InChI is InChI=1S/C21H20O5/c1-11-9-12(2)18-19(13(11)3)25-20(23)21(18)16(10-17(22)26-21)14-5-7-15(24-4)8-6-14/h5-9,16H,10H2,1-4H3/t16-,21+/m0/s1. The zero-order valence-corrected chi connectivity index (χ0v) is 15.2. The van der Waals surface area contributed by atoms with Crippen LogP contribution in [0.3, 0.4) is 0 Å². The summed E-state index contributed by atoms with van der Waals surface area (Å²) in [5.74, 6) is -0.106. The van der Waals surface area contributed by atoms with Gasteiger partial charge in [0, 0.05) is 5.92 Å². The van der Waals surface area contributed by atoms with Crippen LogP contribution >= 0.6 is 0 Å². The maximum absolute atomic E-state index is 13.0. The highest BCUT2D eigenvalue weighted by molar-refractivity contribution is 5.96. The van der Waals surface area contributed by atoms with Crippen molar-refractivity contribution in [1.82, 2.24) is 0 Å². The molecule has 0 aromatic heterocycles. The molecule has 1 fully saturated rings. The topological polar surface area (TPSA) is 61.8 Å². The Hall–Kier alpha value is -2.82. The Morgan fingerprint density at radius 1 is 1.08 bits per heavy atom. The molecular weight excluding hydrogens is 332 g/mol. The summed E-state index contributed by atoms with van der Waals surface area (Å²) in [4.78, 5) is 25.3. The molecule has 0 bridgehead atoms. The number of ether oxygens (including phenoxy) is 3. The fraction of sp³-hybridized carbons (Fsp3) is 0.333. The second kappa shape index (κ2) is 5.59. The smallest absolute Gasteiger partial charge is 0.361 e. The van der Waals surface area contributed by atoms with E-state index in [1.165, 1.54) is 0 Å². The Labute approximate surface area is 151 Å². The van der Waals surface area contributed by atoms with E-state index < -0.39 is 23.5 Å². The summed E-state index contributed by atoms with van der Waals surface area (Å²) in [6.45, 7) is 5.81. The number of carbonyl (C=O) groups excluding carboxylic acids is 2. The summed E-state index contributed by atoms with van der Waals surface area (Å²) in [6, 6.07) is 9.39. The molecule has 2 atom stereocenters. The third kappa shape index (κ3) is 2.09. The van der Waals surface area contributed by atoms with E-state index in [0.717, 1.165) is 22.3 Å². The number of aryl methyl sites for hydroxylation is 2. The molecule has 0 amide bonds. The zero-order valence-electron chi connectivity index (χ0n) is 15.2. The number of methoxy groups -OCH3 is 1. The van der Waals surface area contributed by atoms with Crippen LogP contribution in [0, 0.1) is 20.8 Å². The molecule has 5 nitrogen and oxygen atoms in total. The summed E-state index contributed by atoms with van der Waals surface area (Å²) < 4.78 is 16.5. The normalized spacial score (nSPS) is 23.8. The van der Waals surface area contributed by atoms with Crippen LogP contribution in [0.15, 0.2) is 30.3 Å². The first-order valence-electron chi connectivity index (χ1n) is 8.57. The van der Waals surface area contributed by atoms with Crippen molar-refractivity contribution in [3.05, 3.63) is 58.1 Å². The predicted molar refractivity (Wildman–Crippen MR) is 94.4 cm³/mol. The van der Waals surface area contributed by atoms with E-state index in [1.807, 2.05) is 51.1 Å². The third-order valence-electron chi connectivity index (χ3n) is 5.51. The minimum Gasteiger partial charge on any atom is -0.497 e. The maximum Gasteiger partial charge on any atom is 0.361 e. The van der Waals surface area contributed by atoms with Crippen molar-refractivity contribution in [1.29, 1.82) is 0 Å². The van der Waals surface area contributed by atoms with Crippen molar-refractivity contribution in [3.8, 4) is 11.5 Å². The molecule has 4 rings (SSSR count). The second-order valence-electron chi connectivity index (χ2n) is 6.97. The largest absolute Gasteiger partial charge is 0.497 e. The first-order chi connectivity index (χ1) is 12.4. The van der Waals surface area contributed by atoms with E-state index in [0.29, 0.717) is 17.1 Å². The molecule has 1 saturated heterocycles. The van der Waals surface area contributed by atoms with E-state index in [1.54, 1.807) is 7.11 Å². The van der Waals surface area contributed by atoms with Crippen molar-refractivity contribution >= 4 is 11.9 Å². The van der Waals surface area contributed by atoms with Crippen LogP contribution in [0.25, 0.3) is 0 Å². The van der Waals surface area contributed by atoms with Crippen LogP contribution in [-0.2, 0) is 19.9 Å². The highest BCUT2D eigenvalue weighted by Gasteiger charge is 2.63. The van der Waals surface area contributed by atoms with E-state index in [4.69, 9.17) is 14.2 Å². The van der Waals surface area contributed by atoms with Crippen LogP contribution in [0.5, 0.6) is 11.5 Å². The van der Waals surface area contributed by atoms with Gasteiger partial charge in [-0.25, -0.2) is 4.79 Å². The van der Waals surface area contributed by atoms with Gasteiger partial charge in [0.1, 0.15) is 11.5 Å². The van der Waals surface area contributed by atoms with E-state index in [9.17, 15) is 9.59 Å². The molecule has 0 saturated carbocycles. The molecule has 2 aromatic rings. The van der Waals surface area contributed by atoms with Crippen molar-refractivity contribution in [2.24, 2.45) is 0 Å². The number of fused-ring (bicyclic) bond motifs is 2. The number of carbonyl (C=O) groups is 2. The summed E-state index contributed by atoms with van der Waals surface area (Å²) in [6.07, 6.45) is 0.132. The van der Waals surface area contributed by atoms with Gasteiger partial charge in [-0.05, 0) is 55.2 Å². The summed E-state index contributed by atoms with van der Waals surface area (Å²) in [5.41, 5.74) is 2.94. The molecule has 2 aliphatic heterocycles. The fourth-order valence-electron chi connectivity index (χ4n) is 4.11. The molecule has 26 heavy (non-hydrogen) atoms. The van der Waals surface area contributed by atoms with Gasteiger partial charge in [-0.1, -0.05) is 18.2 Å². The van der Waals surface area contributed by atoms with Gasteiger partial charge in [0.2, 0.25) is 5.60 Å². The minimum atomic E-state index is -1.41. The highest BCUT2D eigenvalue weighted by Crippen LogP contribution is 2.56. The van der Waals surface area contributed by atoms with Crippen molar-refractivity contribution in [3.63, 3.8) is 0 Å². The van der Waals surface area contributed by atoms with Crippen LogP contribution in [0.1, 0.15) is 40.2 Å². The van der Waals surface area contributed by atoms with E-state index in [2.05, 4.69) is 0 Å². The van der Waals surface area contributed by atoms with Gasteiger partial charge in [0.25, 0.3) is 0 Å². The van der Waals surface area contributed by atoms with Gasteiger partial charge < -0.3 is 14.2 Å². The Balaban J connectivity index is 1.93. The van der Waals surface area contributed by atoms with E-state index >= 15 is 0 Å². The Bertz CT molecular complexity index is 928. The van der Waals surface area contributed by atoms with Gasteiger partial charge in [0.05, 0.1) is 19.1 Å². The van der Waals surface area contributed by atoms with Gasteiger partial charge in [0.15, 0.2) is 0 Å². The lowest BCUT2D eigenvalue weighted by atomic mass is 9.76. The number of hydrogen-bond acceptors (Lipinski definition) is 5. The molecule has 2 heterocycles. The molecular formula is C21H20O5. The number of rotatable bonds is 2. The SMILES string of the molecule is COc1ccc([C@@H]2CC(=O)O[C@]23C(=O)Oc2c(C)c(C)cc(C)c23)cc1. The van der Waals surface area contributed by atoms with Gasteiger partial charge >= 0.3 is 11.9 Å². The van der Waals surface area contributed by atoms with Crippen LogP contribution in [0.4, 0.5) is 0 Å². The molecule has 0 radical (unpaired) electrons. The van der Waals surface area contributed by atoms with Gasteiger partial charge in [-0.15, -0.1) is 0 Å². The molecule has 2 aromatic carbocycles. The zero-order chi connectivity index (χ0) is 18.6. The molecule has 0 N–H and O–H groups in total. The molecule has 134 valence electrons. The first kappa shape index (κ1) is 16.6. The monoisotopic (exact) mass is 352 g/mol. The van der Waals surface area contributed by atoms with Crippen LogP contribution in [-0.4, -0.2) is 19.0 Å². The Morgan fingerprint density at radius 2 is 1.77 bits per heavy atom. The molecule has 0 unspecified atom stereocenters. The minimum absolute atomic E-state index is 0.132. The Morgan fingerprint density at radius 3 is 2.42 bits per heavy atom. The second-order valence-corrected chi connectivity index (χ2v) is 6.97. The number of benzene rings is 2. The summed E-state index contributed by atoms with van der Waals surface area (Å²) in [7, 11) is 1.59. The lowest BCUT2D eigenvalue weighted by Crippen LogP contribution is -2.38. The van der Waals surface area contributed by atoms with Crippen molar-refractivity contribution < 1.29 is 23.8 Å². The average Bonchev–Trinajstić information content (AvgIpc) is 3.11. The number of esters is 2. The Kier molecular flexibility index (Phi) is 3.58. The first-order valence-corrected chi connectivity index (χ1v) is 8.57. The fourth-order valence-corrected chi connectivity index (χ4v) is 4.11. The molecule has 0 aliphatic carbocycles. The lowest BCUT2D eigenvalue weighted by Gasteiger charge is -2.27. The highest BCUT2D eigenvalue weighted by atomic mass is 16.6. The quantitative estimate of drug-likeness (QED) is 0.612. The average molecular weight is 352 g/mol. The molecule has 5 heteroatoms. The van der Waals surface area contributed by atoms with Gasteiger partial charge in [-0.3, -0.25) is 4.79 Å². The van der Waals surface area contributed by atoms with Crippen molar-refractivity contribution in [2.75, 3.05) is 7.11 Å². The maximum atomic E-state index is 13.0. The number of hydrogen-bond donors (Lipinski definition) is 0. The molecule has 2 aliphatic rings. The van der Waals surface area contributed by atoms with Crippen LogP contribution in [0.2, 0.25) is 0 Å². The predicted octanol–water partition coefficient (Wildman–Crippen LogP) is 3.47. The summed E-state index contributed by atoms with van der Waals surface area (Å²) >= 11 is 0. The van der Waals surface area contributed by atoms with E-state index in [-0.39, 0.29) is 6.42 Å². The van der Waals surface area contributed by atoms with Gasteiger partial charge in [-0.2, -0.15) is 0 Å². The molecule has 1 spiro atoms. The lowest BCUT2D eigenvalue weighted by molar-refractivity contribution is -0.166. The summed E-state index contributed by atoms with van der Waals surface area (Å²) in [5, 5.41) is 0. The van der Waals surface area contributed by atoms with Crippen molar-refractivity contribution in [2.45, 2.75) is 38.7 Å². The third-order valence-corrected chi connectivity index (χ3v) is 5.51.